The van der Waals surface area contributed by atoms with Gasteiger partial charge in [0.2, 0.25) is 0 Å². The number of carboxylic acid groups (broad SMARTS) is 1. The molecular formula is C20H24O3. The Balaban J connectivity index is 2.29. The van der Waals surface area contributed by atoms with Gasteiger partial charge in [-0.25, -0.2) is 4.79 Å². The van der Waals surface area contributed by atoms with E-state index in [1.165, 1.54) is 0 Å². The van der Waals surface area contributed by atoms with E-state index in [9.17, 15) is 9.90 Å². The van der Waals surface area contributed by atoms with E-state index >= 15 is 0 Å². The summed E-state index contributed by atoms with van der Waals surface area (Å²) < 4.78 is 5.88. The van der Waals surface area contributed by atoms with Gasteiger partial charge in [0.15, 0.2) is 6.10 Å². The first-order valence-corrected chi connectivity index (χ1v) is 7.93. The van der Waals surface area contributed by atoms with Crippen molar-refractivity contribution in [3.8, 4) is 5.75 Å². The predicted octanol–water partition coefficient (Wildman–Crippen LogP) is 4.50. The van der Waals surface area contributed by atoms with Crippen LogP contribution in [0.1, 0.15) is 42.0 Å². The molecule has 0 amide bonds. The molecule has 23 heavy (non-hydrogen) atoms. The molecule has 0 bridgehead atoms. The Morgan fingerprint density at radius 1 is 1.04 bits per heavy atom. The molecule has 122 valence electrons. The van der Waals surface area contributed by atoms with Gasteiger partial charge in [0.05, 0.1) is 0 Å². The number of para-hydroxylation sites is 1. The lowest BCUT2D eigenvalue weighted by Crippen LogP contribution is -2.30. The van der Waals surface area contributed by atoms with Gasteiger partial charge in [-0.15, -0.1) is 0 Å². The van der Waals surface area contributed by atoms with Gasteiger partial charge in [0.25, 0.3) is 0 Å². The molecule has 0 saturated carbocycles. The topological polar surface area (TPSA) is 46.5 Å². The lowest BCUT2D eigenvalue weighted by molar-refractivity contribution is -0.145. The monoisotopic (exact) mass is 312 g/mol. The van der Waals surface area contributed by atoms with Gasteiger partial charge >= 0.3 is 5.97 Å². The van der Waals surface area contributed by atoms with E-state index in [2.05, 4.69) is 13.8 Å². The fourth-order valence-electron chi connectivity index (χ4n) is 2.75. The van der Waals surface area contributed by atoms with E-state index in [1.54, 1.807) is 0 Å². The summed E-state index contributed by atoms with van der Waals surface area (Å²) in [6, 6.07) is 13.6. The average Bonchev–Trinajstić information content (AvgIpc) is 2.50. The molecule has 0 saturated heterocycles. The van der Waals surface area contributed by atoms with Crippen molar-refractivity contribution < 1.29 is 14.6 Å². The summed E-state index contributed by atoms with van der Waals surface area (Å²) in [5.41, 5.74) is 4.26. The van der Waals surface area contributed by atoms with Crippen LogP contribution < -0.4 is 4.74 Å². The Hall–Kier alpha value is -2.29. The third-order valence-corrected chi connectivity index (χ3v) is 4.12. The van der Waals surface area contributed by atoms with Crippen LogP contribution in [0.4, 0.5) is 0 Å². The molecule has 0 aliphatic heterocycles. The van der Waals surface area contributed by atoms with Crippen LogP contribution in [0, 0.1) is 13.8 Å². The summed E-state index contributed by atoms with van der Waals surface area (Å²) in [5.74, 6) is -0.00630. The van der Waals surface area contributed by atoms with Crippen LogP contribution in [0.25, 0.3) is 0 Å². The van der Waals surface area contributed by atoms with Gasteiger partial charge in [-0.05, 0) is 48.1 Å². The maximum absolute atomic E-state index is 11.7. The smallest absolute Gasteiger partial charge is 0.345 e. The Labute approximate surface area is 137 Å². The van der Waals surface area contributed by atoms with Crippen molar-refractivity contribution in [3.63, 3.8) is 0 Å². The standard InChI is InChI=1S/C20H24O3/c1-13(2)16-10-5-6-11-18(16)23-19(20(21)22)12-17-14(3)8-7-9-15(17)4/h5-11,13,19H,12H2,1-4H3,(H,21,22)/t19-/m1/s1. The molecule has 0 fully saturated rings. The van der Waals surface area contributed by atoms with E-state index in [0.29, 0.717) is 12.2 Å². The zero-order valence-corrected chi connectivity index (χ0v) is 14.2. The van der Waals surface area contributed by atoms with Gasteiger partial charge in [0, 0.05) is 6.42 Å². The van der Waals surface area contributed by atoms with E-state index in [-0.39, 0.29) is 5.92 Å². The number of benzene rings is 2. The van der Waals surface area contributed by atoms with E-state index in [0.717, 1.165) is 22.3 Å². The molecule has 0 aromatic heterocycles. The van der Waals surface area contributed by atoms with Gasteiger partial charge < -0.3 is 9.84 Å². The number of ether oxygens (including phenoxy) is 1. The van der Waals surface area contributed by atoms with Crippen LogP contribution in [-0.4, -0.2) is 17.2 Å². The highest BCUT2D eigenvalue weighted by Crippen LogP contribution is 2.28. The summed E-state index contributed by atoms with van der Waals surface area (Å²) in [4.78, 5) is 11.7. The maximum atomic E-state index is 11.7. The van der Waals surface area contributed by atoms with Crippen molar-refractivity contribution in [2.24, 2.45) is 0 Å². The van der Waals surface area contributed by atoms with Gasteiger partial charge in [-0.2, -0.15) is 0 Å². The van der Waals surface area contributed by atoms with Crippen LogP contribution in [-0.2, 0) is 11.2 Å². The average molecular weight is 312 g/mol. The quantitative estimate of drug-likeness (QED) is 0.854. The van der Waals surface area contributed by atoms with Crippen LogP contribution in [0.3, 0.4) is 0 Å². The second-order valence-electron chi connectivity index (χ2n) is 6.21. The van der Waals surface area contributed by atoms with Crippen molar-refractivity contribution in [2.75, 3.05) is 0 Å². The summed E-state index contributed by atoms with van der Waals surface area (Å²) in [6.45, 7) is 8.15. The number of aliphatic carboxylic acids is 1. The molecule has 0 spiro atoms. The van der Waals surface area contributed by atoms with Crippen molar-refractivity contribution in [2.45, 2.75) is 46.1 Å². The highest BCUT2D eigenvalue weighted by atomic mass is 16.5. The van der Waals surface area contributed by atoms with Crippen molar-refractivity contribution >= 4 is 5.97 Å². The second kappa shape index (κ2) is 7.32. The molecule has 1 N–H and O–H groups in total. The summed E-state index contributed by atoms with van der Waals surface area (Å²) >= 11 is 0. The second-order valence-corrected chi connectivity index (χ2v) is 6.21. The molecule has 0 heterocycles. The fraction of sp³-hybridized carbons (Fsp3) is 0.350. The van der Waals surface area contributed by atoms with Gasteiger partial charge in [-0.1, -0.05) is 50.2 Å². The number of carbonyl (C=O) groups is 1. The zero-order chi connectivity index (χ0) is 17.0. The SMILES string of the molecule is Cc1cccc(C)c1C[C@@H](Oc1ccccc1C(C)C)C(=O)O. The Kier molecular flexibility index (Phi) is 5.43. The normalized spacial score (nSPS) is 12.2. The predicted molar refractivity (Wildman–Crippen MR) is 92.2 cm³/mol. The van der Waals surface area contributed by atoms with Crippen molar-refractivity contribution in [1.82, 2.24) is 0 Å². The molecule has 2 aromatic rings. The van der Waals surface area contributed by atoms with E-state index in [4.69, 9.17) is 4.74 Å². The Bertz CT molecular complexity index is 669. The highest BCUT2D eigenvalue weighted by Gasteiger charge is 2.23. The molecular weight excluding hydrogens is 288 g/mol. The molecule has 3 heteroatoms. The number of aryl methyl sites for hydroxylation is 2. The molecule has 2 aromatic carbocycles. The molecule has 0 aliphatic carbocycles. The summed E-state index contributed by atoms with van der Waals surface area (Å²) in [6.07, 6.45) is -0.532. The van der Waals surface area contributed by atoms with E-state index < -0.39 is 12.1 Å². The molecule has 0 radical (unpaired) electrons. The number of hydrogen-bond acceptors (Lipinski definition) is 2. The molecule has 3 nitrogen and oxygen atoms in total. The minimum absolute atomic E-state index is 0.279. The van der Waals surface area contributed by atoms with Crippen LogP contribution >= 0.6 is 0 Å². The van der Waals surface area contributed by atoms with E-state index in [1.807, 2.05) is 56.3 Å². The third kappa shape index (κ3) is 4.13. The first-order valence-electron chi connectivity index (χ1n) is 7.93. The summed E-state index contributed by atoms with van der Waals surface area (Å²) in [5, 5.41) is 9.58. The lowest BCUT2D eigenvalue weighted by atomic mass is 9.97. The van der Waals surface area contributed by atoms with Gasteiger partial charge in [-0.3, -0.25) is 0 Å². The minimum Gasteiger partial charge on any atom is -0.478 e. The first kappa shape index (κ1) is 17.1. The molecule has 1 atom stereocenters. The third-order valence-electron chi connectivity index (χ3n) is 4.12. The maximum Gasteiger partial charge on any atom is 0.345 e. The molecule has 0 unspecified atom stereocenters. The first-order chi connectivity index (χ1) is 10.9. The van der Waals surface area contributed by atoms with Crippen molar-refractivity contribution in [1.29, 1.82) is 0 Å². The van der Waals surface area contributed by atoms with Crippen LogP contribution in [0.2, 0.25) is 0 Å². The number of hydrogen-bond donors (Lipinski definition) is 1. The minimum atomic E-state index is -0.939. The Morgan fingerprint density at radius 3 is 2.22 bits per heavy atom. The van der Waals surface area contributed by atoms with Crippen molar-refractivity contribution in [3.05, 3.63) is 64.7 Å². The number of rotatable bonds is 6. The number of carboxylic acids is 1. The van der Waals surface area contributed by atoms with Crippen LogP contribution in [0.5, 0.6) is 5.75 Å². The Morgan fingerprint density at radius 2 is 1.65 bits per heavy atom. The molecule has 0 aliphatic rings. The largest absolute Gasteiger partial charge is 0.478 e. The highest BCUT2D eigenvalue weighted by molar-refractivity contribution is 5.73. The fourth-order valence-corrected chi connectivity index (χ4v) is 2.75. The zero-order valence-electron chi connectivity index (χ0n) is 14.2. The molecule has 2 rings (SSSR count). The summed E-state index contributed by atoms with van der Waals surface area (Å²) in [7, 11) is 0. The van der Waals surface area contributed by atoms with Gasteiger partial charge in [0.1, 0.15) is 5.75 Å². The lowest BCUT2D eigenvalue weighted by Gasteiger charge is -2.20. The van der Waals surface area contributed by atoms with Crippen LogP contribution in [0.15, 0.2) is 42.5 Å².